The largest absolute Gasteiger partial charge is 0.340 e. The first-order valence-electron chi connectivity index (χ1n) is 6.88. The number of halogens is 1. The lowest BCUT2D eigenvalue weighted by Gasteiger charge is -2.20. The summed E-state index contributed by atoms with van der Waals surface area (Å²) in [7, 11) is 1.73. The van der Waals surface area contributed by atoms with Gasteiger partial charge in [-0.2, -0.15) is 0 Å². The number of hydrogen-bond acceptors (Lipinski definition) is 2. The average Bonchev–Trinajstić information content (AvgIpc) is 2.92. The predicted octanol–water partition coefficient (Wildman–Crippen LogP) is 3.50. The second-order valence-corrected chi connectivity index (χ2v) is 6.45. The summed E-state index contributed by atoms with van der Waals surface area (Å²) in [5, 5.41) is -0.0980. The Morgan fingerprint density at radius 3 is 2.71 bits per heavy atom. The molecule has 2 nitrogen and oxygen atoms in total. The fraction of sp³-hybridized carbons (Fsp3) is 0.235. The molecular formula is C17H16FNOS. The van der Waals surface area contributed by atoms with E-state index in [-0.39, 0.29) is 17.0 Å². The molecule has 0 aromatic heterocycles. The van der Waals surface area contributed by atoms with Gasteiger partial charge in [-0.3, -0.25) is 4.79 Å². The molecule has 0 saturated heterocycles. The number of carbonyl (C=O) groups excluding carboxylic acids is 1. The molecule has 21 heavy (non-hydrogen) atoms. The van der Waals surface area contributed by atoms with Crippen molar-refractivity contribution < 1.29 is 9.18 Å². The van der Waals surface area contributed by atoms with E-state index in [9.17, 15) is 9.18 Å². The first kappa shape index (κ1) is 14.1. The van der Waals surface area contributed by atoms with Gasteiger partial charge in [-0.05, 0) is 24.1 Å². The number of carbonyl (C=O) groups is 1. The number of benzene rings is 2. The lowest BCUT2D eigenvalue weighted by atomic mass is 10.1. The first-order chi connectivity index (χ1) is 10.1. The number of fused-ring (bicyclic) bond motifs is 1. The van der Waals surface area contributed by atoms with Crippen LogP contribution in [0.25, 0.3) is 0 Å². The number of thioether (sulfide) groups is 1. The van der Waals surface area contributed by atoms with E-state index in [4.69, 9.17) is 0 Å². The molecule has 3 rings (SSSR count). The maximum Gasteiger partial charge on any atom is 0.236 e. The van der Waals surface area contributed by atoms with Crippen molar-refractivity contribution in [2.45, 2.75) is 23.1 Å². The van der Waals surface area contributed by atoms with Gasteiger partial charge in [0, 0.05) is 24.1 Å². The minimum atomic E-state index is -0.264. The van der Waals surface area contributed by atoms with Crippen molar-refractivity contribution in [1.82, 2.24) is 4.90 Å². The summed E-state index contributed by atoms with van der Waals surface area (Å²) < 4.78 is 13.7. The summed E-state index contributed by atoms with van der Waals surface area (Å²) in [5.74, 6) is -0.209. The van der Waals surface area contributed by atoms with Crippen molar-refractivity contribution in [3.8, 4) is 0 Å². The monoisotopic (exact) mass is 301 g/mol. The zero-order valence-corrected chi connectivity index (χ0v) is 12.6. The summed E-state index contributed by atoms with van der Waals surface area (Å²) in [6, 6.07) is 14.7. The van der Waals surface area contributed by atoms with Crippen LogP contribution in [0.2, 0.25) is 0 Å². The molecule has 1 unspecified atom stereocenters. The van der Waals surface area contributed by atoms with Crippen LogP contribution >= 0.6 is 11.8 Å². The second-order valence-electron chi connectivity index (χ2n) is 5.20. The first-order valence-corrected chi connectivity index (χ1v) is 7.76. The number of rotatable bonds is 3. The van der Waals surface area contributed by atoms with Crippen molar-refractivity contribution in [2.24, 2.45) is 0 Å². The van der Waals surface area contributed by atoms with Gasteiger partial charge in [0.25, 0.3) is 0 Å². The third-order valence-electron chi connectivity index (χ3n) is 3.66. The van der Waals surface area contributed by atoms with E-state index in [1.807, 2.05) is 18.2 Å². The van der Waals surface area contributed by atoms with E-state index >= 15 is 0 Å². The van der Waals surface area contributed by atoms with Crippen molar-refractivity contribution in [1.29, 1.82) is 0 Å². The standard InChI is InChI=1S/C17H16FNOS/c1-19(11-13-7-2-4-8-14(13)18)17(20)16-10-12-6-3-5-9-15(12)21-16/h2-9,16H,10-11H2,1H3. The highest BCUT2D eigenvalue weighted by molar-refractivity contribution is 8.01. The number of amides is 1. The SMILES string of the molecule is CN(Cc1ccccc1F)C(=O)C1Cc2ccccc2S1. The van der Waals surface area contributed by atoms with Gasteiger partial charge in [-0.15, -0.1) is 11.8 Å². The smallest absolute Gasteiger partial charge is 0.236 e. The van der Waals surface area contributed by atoms with Crippen LogP contribution in [0.4, 0.5) is 4.39 Å². The van der Waals surface area contributed by atoms with Crippen LogP contribution in [0.1, 0.15) is 11.1 Å². The van der Waals surface area contributed by atoms with Gasteiger partial charge >= 0.3 is 0 Å². The fourth-order valence-corrected chi connectivity index (χ4v) is 3.84. The highest BCUT2D eigenvalue weighted by Gasteiger charge is 2.30. The van der Waals surface area contributed by atoms with E-state index < -0.39 is 0 Å². The zero-order chi connectivity index (χ0) is 14.8. The summed E-state index contributed by atoms with van der Waals surface area (Å²) in [4.78, 5) is 15.3. The van der Waals surface area contributed by atoms with Gasteiger partial charge in [-0.25, -0.2) is 4.39 Å². The van der Waals surface area contributed by atoms with Crippen LogP contribution in [0.5, 0.6) is 0 Å². The molecule has 1 aliphatic rings. The normalized spacial score (nSPS) is 16.6. The summed E-state index contributed by atoms with van der Waals surface area (Å²) in [6.45, 7) is 0.304. The fourth-order valence-electron chi connectivity index (χ4n) is 2.53. The Hall–Kier alpha value is -1.81. The summed E-state index contributed by atoms with van der Waals surface area (Å²) in [6.07, 6.45) is 0.751. The van der Waals surface area contributed by atoms with Crippen LogP contribution in [-0.2, 0) is 17.8 Å². The third-order valence-corrected chi connectivity index (χ3v) is 4.97. The molecular weight excluding hydrogens is 285 g/mol. The molecule has 0 N–H and O–H groups in total. The van der Waals surface area contributed by atoms with Gasteiger partial charge in [-0.1, -0.05) is 36.4 Å². The number of nitrogens with zero attached hydrogens (tertiary/aromatic N) is 1. The van der Waals surface area contributed by atoms with E-state index in [0.29, 0.717) is 12.1 Å². The quantitative estimate of drug-likeness (QED) is 0.865. The highest BCUT2D eigenvalue weighted by Crippen LogP contribution is 2.37. The summed E-state index contributed by atoms with van der Waals surface area (Å²) in [5.41, 5.74) is 1.77. The molecule has 0 aliphatic carbocycles. The molecule has 1 amide bonds. The summed E-state index contributed by atoms with van der Waals surface area (Å²) >= 11 is 1.60. The minimum Gasteiger partial charge on any atom is -0.340 e. The van der Waals surface area contributed by atoms with E-state index in [2.05, 4.69) is 6.07 Å². The maximum atomic E-state index is 13.7. The van der Waals surface area contributed by atoms with Gasteiger partial charge < -0.3 is 4.90 Å². The lowest BCUT2D eigenvalue weighted by Crippen LogP contribution is -2.34. The zero-order valence-electron chi connectivity index (χ0n) is 11.8. The molecule has 108 valence electrons. The third kappa shape index (κ3) is 2.95. The Kier molecular flexibility index (Phi) is 3.97. The molecule has 1 atom stereocenters. The Bertz CT molecular complexity index is 648. The topological polar surface area (TPSA) is 20.3 Å². The molecule has 0 radical (unpaired) electrons. The van der Waals surface area contributed by atoms with E-state index in [1.54, 1.807) is 41.9 Å². The molecule has 0 bridgehead atoms. The average molecular weight is 301 g/mol. The molecule has 0 spiro atoms. The Morgan fingerprint density at radius 1 is 1.24 bits per heavy atom. The van der Waals surface area contributed by atoms with Crippen LogP contribution in [0, 0.1) is 5.82 Å². The van der Waals surface area contributed by atoms with Crippen LogP contribution in [0.15, 0.2) is 53.4 Å². The molecule has 2 aromatic carbocycles. The van der Waals surface area contributed by atoms with Gasteiger partial charge in [0.15, 0.2) is 0 Å². The Balaban J connectivity index is 1.68. The predicted molar refractivity (Wildman–Crippen MR) is 82.7 cm³/mol. The molecule has 1 aliphatic heterocycles. The van der Waals surface area contributed by atoms with Crippen molar-refractivity contribution in [2.75, 3.05) is 7.05 Å². The molecule has 0 fully saturated rings. The highest BCUT2D eigenvalue weighted by atomic mass is 32.2. The van der Waals surface area contributed by atoms with Crippen molar-refractivity contribution in [3.05, 3.63) is 65.5 Å². The molecule has 4 heteroatoms. The van der Waals surface area contributed by atoms with Crippen molar-refractivity contribution in [3.63, 3.8) is 0 Å². The van der Waals surface area contributed by atoms with Crippen LogP contribution < -0.4 is 0 Å². The van der Waals surface area contributed by atoms with Crippen molar-refractivity contribution >= 4 is 17.7 Å². The molecule has 1 heterocycles. The molecule has 0 saturated carbocycles. The van der Waals surface area contributed by atoms with E-state index in [1.165, 1.54) is 16.5 Å². The van der Waals surface area contributed by atoms with Crippen LogP contribution in [-0.4, -0.2) is 23.1 Å². The van der Waals surface area contributed by atoms with E-state index in [0.717, 1.165) is 6.42 Å². The molecule has 2 aromatic rings. The second kappa shape index (κ2) is 5.90. The maximum absolute atomic E-state index is 13.7. The Morgan fingerprint density at radius 2 is 1.95 bits per heavy atom. The van der Waals surface area contributed by atoms with Gasteiger partial charge in [0.1, 0.15) is 5.82 Å². The van der Waals surface area contributed by atoms with Gasteiger partial charge in [0.2, 0.25) is 5.91 Å². The Labute approximate surface area is 128 Å². The van der Waals surface area contributed by atoms with Gasteiger partial charge in [0.05, 0.1) is 5.25 Å². The lowest BCUT2D eigenvalue weighted by molar-refractivity contribution is -0.129. The minimum absolute atomic E-state index is 0.0550. The van der Waals surface area contributed by atoms with Crippen LogP contribution in [0.3, 0.4) is 0 Å². The number of hydrogen-bond donors (Lipinski definition) is 0.